The summed E-state index contributed by atoms with van der Waals surface area (Å²) in [6.45, 7) is 3.50. The third-order valence-electron chi connectivity index (χ3n) is 3.46. The molecule has 1 aromatic heterocycles. The van der Waals surface area contributed by atoms with Gasteiger partial charge in [0.1, 0.15) is 6.04 Å². The fourth-order valence-corrected chi connectivity index (χ4v) is 2.20. The number of hydrogen-bond donors (Lipinski definition) is 3. The van der Waals surface area contributed by atoms with Crippen LogP contribution in [0, 0.1) is 5.92 Å². The molecular formula is C16H19N3O4. The molecule has 0 aliphatic carbocycles. The van der Waals surface area contributed by atoms with Gasteiger partial charge in [0.15, 0.2) is 0 Å². The van der Waals surface area contributed by atoms with E-state index in [4.69, 9.17) is 0 Å². The highest BCUT2D eigenvalue weighted by atomic mass is 16.5. The molecule has 7 heteroatoms. The minimum Gasteiger partial charge on any atom is -0.467 e. The van der Waals surface area contributed by atoms with E-state index in [0.29, 0.717) is 5.69 Å². The molecule has 0 unspecified atom stereocenters. The molecule has 0 saturated carbocycles. The van der Waals surface area contributed by atoms with Gasteiger partial charge in [-0.05, 0) is 24.1 Å². The van der Waals surface area contributed by atoms with Crippen LogP contribution in [-0.2, 0) is 19.1 Å². The minimum absolute atomic E-state index is 0.202. The van der Waals surface area contributed by atoms with Crippen molar-refractivity contribution >= 4 is 34.4 Å². The fraction of sp³-hybridized carbons (Fsp3) is 0.312. The number of carbonyl (C=O) groups excluding carboxylic acids is 3. The summed E-state index contributed by atoms with van der Waals surface area (Å²) in [6.07, 6.45) is 1.74. The summed E-state index contributed by atoms with van der Waals surface area (Å²) in [4.78, 5) is 38.7. The SMILES string of the molecule is COC(=O)[C@@H](NC(=O)C(=O)Nc1cccc2[nH]ccc12)C(C)C. The minimum atomic E-state index is -0.887. The number of ether oxygens (including phenoxy) is 1. The molecule has 0 fully saturated rings. The predicted molar refractivity (Wildman–Crippen MR) is 85.7 cm³/mol. The number of esters is 1. The molecule has 0 spiro atoms. The molecule has 1 heterocycles. The number of methoxy groups -OCH3 is 1. The number of benzene rings is 1. The normalized spacial score (nSPS) is 12.0. The second-order valence-corrected chi connectivity index (χ2v) is 5.42. The van der Waals surface area contributed by atoms with Crippen LogP contribution in [0.5, 0.6) is 0 Å². The molecule has 1 aromatic carbocycles. The van der Waals surface area contributed by atoms with Crippen LogP contribution in [0.1, 0.15) is 13.8 Å². The maximum absolute atomic E-state index is 12.1. The van der Waals surface area contributed by atoms with Crippen molar-refractivity contribution in [2.24, 2.45) is 5.92 Å². The average molecular weight is 317 g/mol. The van der Waals surface area contributed by atoms with E-state index in [0.717, 1.165) is 10.9 Å². The summed E-state index contributed by atoms with van der Waals surface area (Å²) in [7, 11) is 1.23. The number of fused-ring (bicyclic) bond motifs is 1. The number of amides is 2. The molecule has 0 bridgehead atoms. The standard InChI is InChI=1S/C16H19N3O4/c1-9(2)13(16(22)23-3)19-15(21)14(20)18-12-6-4-5-11-10(12)7-8-17-11/h4-9,13,17H,1-3H3,(H,18,20)(H,19,21)/t13-/m0/s1. The van der Waals surface area contributed by atoms with Gasteiger partial charge in [-0.3, -0.25) is 9.59 Å². The second kappa shape index (κ2) is 6.95. The van der Waals surface area contributed by atoms with E-state index in [9.17, 15) is 14.4 Å². The van der Waals surface area contributed by atoms with Crippen LogP contribution < -0.4 is 10.6 Å². The molecule has 2 rings (SSSR count). The Hall–Kier alpha value is -2.83. The summed E-state index contributed by atoms with van der Waals surface area (Å²) in [5.41, 5.74) is 1.36. The lowest BCUT2D eigenvalue weighted by atomic mass is 10.0. The van der Waals surface area contributed by atoms with Crippen LogP contribution in [0.2, 0.25) is 0 Å². The van der Waals surface area contributed by atoms with Gasteiger partial charge in [0.2, 0.25) is 0 Å². The van der Waals surface area contributed by atoms with E-state index in [1.54, 1.807) is 38.2 Å². The van der Waals surface area contributed by atoms with Crippen molar-refractivity contribution in [3.8, 4) is 0 Å². The topological polar surface area (TPSA) is 100 Å². The zero-order valence-corrected chi connectivity index (χ0v) is 13.2. The van der Waals surface area contributed by atoms with Crippen molar-refractivity contribution in [1.82, 2.24) is 10.3 Å². The van der Waals surface area contributed by atoms with Crippen molar-refractivity contribution in [2.75, 3.05) is 12.4 Å². The summed E-state index contributed by atoms with van der Waals surface area (Å²) in [6, 6.07) is 6.24. The first kappa shape index (κ1) is 16.5. The highest BCUT2D eigenvalue weighted by molar-refractivity contribution is 6.40. The molecule has 2 aromatic rings. The Balaban J connectivity index is 2.09. The molecule has 0 radical (unpaired) electrons. The summed E-state index contributed by atoms with van der Waals surface area (Å²) in [5, 5.41) is 5.74. The van der Waals surface area contributed by atoms with Gasteiger partial charge in [0.05, 0.1) is 12.8 Å². The van der Waals surface area contributed by atoms with Crippen LogP contribution in [0.3, 0.4) is 0 Å². The molecule has 2 amide bonds. The van der Waals surface area contributed by atoms with Crippen molar-refractivity contribution in [1.29, 1.82) is 0 Å². The van der Waals surface area contributed by atoms with E-state index in [1.807, 2.05) is 6.07 Å². The first-order valence-corrected chi connectivity index (χ1v) is 7.19. The number of rotatable bonds is 4. The van der Waals surface area contributed by atoms with E-state index in [1.165, 1.54) is 7.11 Å². The van der Waals surface area contributed by atoms with Crippen LogP contribution in [-0.4, -0.2) is 35.9 Å². The van der Waals surface area contributed by atoms with Crippen LogP contribution >= 0.6 is 0 Å². The monoisotopic (exact) mass is 317 g/mol. The van der Waals surface area contributed by atoms with Gasteiger partial charge in [0, 0.05) is 17.1 Å². The maximum Gasteiger partial charge on any atom is 0.328 e. The molecule has 1 atom stereocenters. The highest BCUT2D eigenvalue weighted by Crippen LogP contribution is 2.21. The smallest absolute Gasteiger partial charge is 0.328 e. The molecular weight excluding hydrogens is 298 g/mol. The second-order valence-electron chi connectivity index (χ2n) is 5.42. The van der Waals surface area contributed by atoms with Gasteiger partial charge in [0.25, 0.3) is 0 Å². The summed E-state index contributed by atoms with van der Waals surface area (Å²) < 4.78 is 4.63. The van der Waals surface area contributed by atoms with Crippen LogP contribution in [0.25, 0.3) is 10.9 Å². The van der Waals surface area contributed by atoms with Gasteiger partial charge >= 0.3 is 17.8 Å². The molecule has 3 N–H and O–H groups in total. The van der Waals surface area contributed by atoms with Crippen LogP contribution in [0.4, 0.5) is 5.69 Å². The summed E-state index contributed by atoms with van der Waals surface area (Å²) >= 11 is 0. The Morgan fingerprint density at radius 1 is 1.13 bits per heavy atom. The number of carbonyl (C=O) groups is 3. The van der Waals surface area contributed by atoms with Gasteiger partial charge in [-0.25, -0.2) is 4.79 Å². The number of aromatic nitrogens is 1. The zero-order chi connectivity index (χ0) is 17.0. The predicted octanol–water partition coefficient (Wildman–Crippen LogP) is 1.42. The van der Waals surface area contributed by atoms with Crippen molar-refractivity contribution in [2.45, 2.75) is 19.9 Å². The molecule has 0 aliphatic heterocycles. The van der Waals surface area contributed by atoms with E-state index < -0.39 is 23.8 Å². The van der Waals surface area contributed by atoms with Crippen molar-refractivity contribution in [3.05, 3.63) is 30.5 Å². The van der Waals surface area contributed by atoms with E-state index in [2.05, 4.69) is 20.4 Å². The van der Waals surface area contributed by atoms with Crippen molar-refractivity contribution < 1.29 is 19.1 Å². The van der Waals surface area contributed by atoms with Gasteiger partial charge in [-0.15, -0.1) is 0 Å². The average Bonchev–Trinajstić information content (AvgIpc) is 3.00. The Bertz CT molecular complexity index is 736. The van der Waals surface area contributed by atoms with Gasteiger partial charge in [-0.1, -0.05) is 19.9 Å². The number of H-pyrrole nitrogens is 1. The van der Waals surface area contributed by atoms with Gasteiger partial charge in [-0.2, -0.15) is 0 Å². The molecule has 23 heavy (non-hydrogen) atoms. The first-order valence-electron chi connectivity index (χ1n) is 7.19. The van der Waals surface area contributed by atoms with Crippen molar-refractivity contribution in [3.63, 3.8) is 0 Å². The first-order chi connectivity index (χ1) is 10.9. The highest BCUT2D eigenvalue weighted by Gasteiger charge is 2.27. The fourth-order valence-electron chi connectivity index (χ4n) is 2.20. The third kappa shape index (κ3) is 3.68. The Morgan fingerprint density at radius 2 is 1.87 bits per heavy atom. The third-order valence-corrected chi connectivity index (χ3v) is 3.46. The molecule has 7 nitrogen and oxygen atoms in total. The Labute approximate surface area is 133 Å². The number of aromatic amines is 1. The molecule has 0 aliphatic rings. The lowest BCUT2D eigenvalue weighted by molar-refractivity contribution is -0.147. The molecule has 0 saturated heterocycles. The maximum atomic E-state index is 12.1. The lowest BCUT2D eigenvalue weighted by Gasteiger charge is -2.19. The quantitative estimate of drug-likeness (QED) is 0.586. The Morgan fingerprint density at radius 3 is 2.52 bits per heavy atom. The number of anilines is 1. The largest absolute Gasteiger partial charge is 0.467 e. The van der Waals surface area contributed by atoms with E-state index in [-0.39, 0.29) is 5.92 Å². The lowest BCUT2D eigenvalue weighted by Crippen LogP contribution is -2.48. The van der Waals surface area contributed by atoms with E-state index >= 15 is 0 Å². The summed E-state index contributed by atoms with van der Waals surface area (Å²) in [5.74, 6) is -2.52. The van der Waals surface area contributed by atoms with Crippen LogP contribution in [0.15, 0.2) is 30.5 Å². The Kier molecular flexibility index (Phi) is 5.00. The van der Waals surface area contributed by atoms with Gasteiger partial charge < -0.3 is 20.4 Å². The number of hydrogen-bond acceptors (Lipinski definition) is 4. The number of nitrogens with one attached hydrogen (secondary N) is 3. The molecule has 122 valence electrons. The zero-order valence-electron chi connectivity index (χ0n) is 13.2.